The normalized spacial score (nSPS) is 11.5. The predicted molar refractivity (Wildman–Crippen MR) is 99.6 cm³/mol. The van der Waals surface area contributed by atoms with Crippen LogP contribution in [0, 0.1) is 0 Å². The minimum absolute atomic E-state index is 0.0432. The predicted octanol–water partition coefficient (Wildman–Crippen LogP) is 0.657. The van der Waals surface area contributed by atoms with Gasteiger partial charge < -0.3 is 10.1 Å². The van der Waals surface area contributed by atoms with Gasteiger partial charge in [0.15, 0.2) is 5.11 Å². The lowest BCUT2D eigenvalue weighted by atomic mass is 10.1. The summed E-state index contributed by atoms with van der Waals surface area (Å²) in [7, 11) is -3.80. The molecule has 10 heteroatoms. The van der Waals surface area contributed by atoms with E-state index in [1.54, 1.807) is 12.1 Å². The maximum atomic E-state index is 12.1. The number of thiocarbonyl (C=S) groups is 1. The van der Waals surface area contributed by atoms with Gasteiger partial charge in [0, 0.05) is 5.54 Å². The Bertz CT molecular complexity index is 697. The van der Waals surface area contributed by atoms with Gasteiger partial charge in [-0.3, -0.25) is 15.6 Å². The number of hydrazine groups is 1. The van der Waals surface area contributed by atoms with Crippen LogP contribution in [0.4, 0.5) is 0 Å². The Morgan fingerprint density at radius 1 is 1.16 bits per heavy atom. The van der Waals surface area contributed by atoms with Crippen LogP contribution in [0.2, 0.25) is 0 Å². The molecule has 0 spiro atoms. The summed E-state index contributed by atoms with van der Waals surface area (Å²) in [6, 6.07) is 5.92. The number of carbonyl (C=O) groups is 1. The molecule has 0 aliphatic carbocycles. The Morgan fingerprint density at radius 3 is 2.28 bits per heavy atom. The van der Waals surface area contributed by atoms with Gasteiger partial charge in [0.05, 0.1) is 18.0 Å². The summed E-state index contributed by atoms with van der Waals surface area (Å²) in [5.74, 6) is -0.00387. The molecule has 0 aliphatic rings. The van der Waals surface area contributed by atoms with Crippen molar-refractivity contribution < 1.29 is 17.9 Å². The first-order valence-corrected chi connectivity index (χ1v) is 9.52. The van der Waals surface area contributed by atoms with E-state index in [2.05, 4.69) is 20.9 Å². The van der Waals surface area contributed by atoms with Gasteiger partial charge in [-0.1, -0.05) is 0 Å². The first-order valence-electron chi connectivity index (χ1n) is 7.63. The number of carbonyl (C=O) groups excluding carboxylic acids is 1. The molecule has 0 atom stereocenters. The van der Waals surface area contributed by atoms with Crippen LogP contribution in [0.15, 0.2) is 29.2 Å². The standard InChI is InChI=1S/C15H24N4O4S2/c1-5-23-11-6-8-12(9-7-11)25(21,22)16-10-13(20)18-19-14(24)17-15(2,3)4/h6-9,16H,5,10H2,1-4H3,(H,18,20)(H2,17,19,24). The number of nitrogens with one attached hydrogen (secondary N) is 4. The number of ether oxygens (including phenoxy) is 1. The number of hydrogen-bond donors (Lipinski definition) is 4. The first-order chi connectivity index (χ1) is 11.5. The molecule has 0 aliphatic heterocycles. The minimum atomic E-state index is -3.80. The lowest BCUT2D eigenvalue weighted by Crippen LogP contribution is -2.53. The molecule has 1 amide bonds. The van der Waals surface area contributed by atoms with Crippen LogP contribution >= 0.6 is 12.2 Å². The Kier molecular flexibility index (Phi) is 7.59. The van der Waals surface area contributed by atoms with Crippen molar-refractivity contribution in [2.45, 2.75) is 38.1 Å². The van der Waals surface area contributed by atoms with E-state index in [0.29, 0.717) is 12.4 Å². The van der Waals surface area contributed by atoms with Gasteiger partial charge in [0.2, 0.25) is 10.0 Å². The highest BCUT2D eigenvalue weighted by molar-refractivity contribution is 7.89. The molecular weight excluding hydrogens is 364 g/mol. The van der Waals surface area contributed by atoms with Crippen LogP contribution in [0.5, 0.6) is 5.75 Å². The zero-order valence-corrected chi connectivity index (χ0v) is 16.3. The molecule has 0 saturated carbocycles. The topological polar surface area (TPSA) is 109 Å². The molecule has 0 fully saturated rings. The van der Waals surface area contributed by atoms with Gasteiger partial charge in [-0.2, -0.15) is 0 Å². The van der Waals surface area contributed by atoms with Crippen LogP contribution in [0.1, 0.15) is 27.7 Å². The molecular formula is C15H24N4O4S2. The fourth-order valence-corrected chi connectivity index (χ4v) is 3.01. The third-order valence-electron chi connectivity index (χ3n) is 2.67. The van der Waals surface area contributed by atoms with E-state index in [-0.39, 0.29) is 15.5 Å². The van der Waals surface area contributed by atoms with Crippen molar-refractivity contribution in [3.8, 4) is 5.75 Å². The summed E-state index contributed by atoms with van der Waals surface area (Å²) in [4.78, 5) is 11.8. The van der Waals surface area contributed by atoms with Gasteiger partial charge in [-0.05, 0) is 64.2 Å². The van der Waals surface area contributed by atoms with Crippen molar-refractivity contribution in [1.29, 1.82) is 0 Å². The lowest BCUT2D eigenvalue weighted by Gasteiger charge is -2.23. The van der Waals surface area contributed by atoms with Crippen LogP contribution in [0.25, 0.3) is 0 Å². The first kappa shape index (κ1) is 21.1. The van der Waals surface area contributed by atoms with E-state index in [9.17, 15) is 13.2 Å². The average molecular weight is 389 g/mol. The van der Waals surface area contributed by atoms with E-state index in [1.165, 1.54) is 12.1 Å². The van der Waals surface area contributed by atoms with Crippen molar-refractivity contribution in [2.24, 2.45) is 0 Å². The average Bonchev–Trinajstić information content (AvgIpc) is 2.50. The van der Waals surface area contributed by atoms with Crippen molar-refractivity contribution in [3.63, 3.8) is 0 Å². The number of benzene rings is 1. The van der Waals surface area contributed by atoms with Gasteiger partial charge in [0.1, 0.15) is 5.75 Å². The van der Waals surface area contributed by atoms with Crippen LogP contribution in [-0.4, -0.2) is 38.1 Å². The van der Waals surface area contributed by atoms with E-state index in [1.807, 2.05) is 27.7 Å². The van der Waals surface area contributed by atoms with Crippen molar-refractivity contribution in [2.75, 3.05) is 13.2 Å². The highest BCUT2D eigenvalue weighted by atomic mass is 32.2. The fraction of sp³-hybridized carbons (Fsp3) is 0.467. The van der Waals surface area contributed by atoms with Crippen molar-refractivity contribution >= 4 is 33.3 Å². The molecule has 0 saturated heterocycles. The highest BCUT2D eigenvalue weighted by Gasteiger charge is 2.16. The smallest absolute Gasteiger partial charge is 0.253 e. The number of rotatable bonds is 6. The summed E-state index contributed by atoms with van der Waals surface area (Å²) in [5.41, 5.74) is 4.56. The molecule has 1 rings (SSSR count). The van der Waals surface area contributed by atoms with E-state index >= 15 is 0 Å². The summed E-state index contributed by atoms with van der Waals surface area (Å²) in [5, 5.41) is 3.18. The highest BCUT2D eigenvalue weighted by Crippen LogP contribution is 2.15. The Balaban J connectivity index is 2.50. The van der Waals surface area contributed by atoms with Gasteiger partial charge >= 0.3 is 0 Å². The monoisotopic (exact) mass is 388 g/mol. The van der Waals surface area contributed by atoms with Gasteiger partial charge in [-0.15, -0.1) is 0 Å². The molecule has 0 heterocycles. The van der Waals surface area contributed by atoms with Crippen LogP contribution in [-0.2, 0) is 14.8 Å². The lowest BCUT2D eigenvalue weighted by molar-refractivity contribution is -0.120. The van der Waals surface area contributed by atoms with E-state index in [4.69, 9.17) is 17.0 Å². The van der Waals surface area contributed by atoms with Crippen LogP contribution < -0.4 is 25.6 Å². The second-order valence-electron chi connectivity index (χ2n) is 6.11. The number of sulfonamides is 1. The SMILES string of the molecule is CCOc1ccc(S(=O)(=O)NCC(=O)NNC(=S)NC(C)(C)C)cc1. The summed E-state index contributed by atoms with van der Waals surface area (Å²) in [6.07, 6.45) is 0. The quantitative estimate of drug-likeness (QED) is 0.419. The van der Waals surface area contributed by atoms with Gasteiger partial charge in [-0.25, -0.2) is 13.1 Å². The summed E-state index contributed by atoms with van der Waals surface area (Å²) >= 11 is 5.00. The van der Waals surface area contributed by atoms with E-state index < -0.39 is 22.5 Å². The molecule has 8 nitrogen and oxygen atoms in total. The molecule has 1 aromatic carbocycles. The maximum Gasteiger partial charge on any atom is 0.253 e. The van der Waals surface area contributed by atoms with E-state index in [0.717, 1.165) is 0 Å². The molecule has 140 valence electrons. The Hall–Kier alpha value is -1.91. The second kappa shape index (κ2) is 8.97. The fourth-order valence-electron chi connectivity index (χ4n) is 1.67. The minimum Gasteiger partial charge on any atom is -0.494 e. The third-order valence-corrected chi connectivity index (χ3v) is 4.29. The number of hydrogen-bond acceptors (Lipinski definition) is 5. The van der Waals surface area contributed by atoms with Crippen molar-refractivity contribution in [1.82, 2.24) is 20.9 Å². The largest absolute Gasteiger partial charge is 0.494 e. The number of amides is 1. The molecule has 4 N–H and O–H groups in total. The Labute approximate surface area is 153 Å². The zero-order chi connectivity index (χ0) is 19.1. The summed E-state index contributed by atoms with van der Waals surface area (Å²) in [6.45, 7) is 7.63. The molecule has 0 aromatic heterocycles. The molecule has 0 bridgehead atoms. The third kappa shape index (κ3) is 8.14. The maximum absolute atomic E-state index is 12.1. The molecule has 0 unspecified atom stereocenters. The Morgan fingerprint density at radius 2 is 1.76 bits per heavy atom. The second-order valence-corrected chi connectivity index (χ2v) is 8.28. The van der Waals surface area contributed by atoms with Crippen LogP contribution in [0.3, 0.4) is 0 Å². The molecule has 0 radical (unpaired) electrons. The van der Waals surface area contributed by atoms with Crippen molar-refractivity contribution in [3.05, 3.63) is 24.3 Å². The molecule has 1 aromatic rings. The molecule has 25 heavy (non-hydrogen) atoms. The van der Waals surface area contributed by atoms with Gasteiger partial charge in [0.25, 0.3) is 5.91 Å². The summed E-state index contributed by atoms with van der Waals surface area (Å²) < 4.78 is 31.8. The zero-order valence-electron chi connectivity index (χ0n) is 14.7.